The van der Waals surface area contributed by atoms with Crippen molar-refractivity contribution in [1.82, 2.24) is 14.5 Å². The molecule has 1 fully saturated rings. The van der Waals surface area contributed by atoms with Crippen molar-refractivity contribution in [2.45, 2.75) is 26.3 Å². The Kier molecular flexibility index (Phi) is 3.92. The summed E-state index contributed by atoms with van der Waals surface area (Å²) < 4.78 is 25.3. The van der Waals surface area contributed by atoms with Crippen LogP contribution in [0.2, 0.25) is 0 Å². The van der Waals surface area contributed by atoms with Crippen LogP contribution in [0, 0.1) is 12.8 Å². The molecule has 2 aromatic heterocycles. The summed E-state index contributed by atoms with van der Waals surface area (Å²) in [5.74, 6) is 2.08. The summed E-state index contributed by atoms with van der Waals surface area (Å²) in [4.78, 5) is 9.08. The summed E-state index contributed by atoms with van der Waals surface area (Å²) in [6.07, 6.45) is 3.20. The van der Waals surface area contributed by atoms with Crippen molar-refractivity contribution in [3.8, 4) is 0 Å². The highest BCUT2D eigenvalue weighted by atomic mass is 35.5. The Morgan fingerprint density at radius 2 is 2.29 bits per heavy atom. The van der Waals surface area contributed by atoms with Gasteiger partial charge in [-0.05, 0) is 30.9 Å². The van der Waals surface area contributed by atoms with Crippen LogP contribution in [-0.2, 0) is 22.8 Å². The first-order valence-electron chi connectivity index (χ1n) is 7.06. The van der Waals surface area contributed by atoms with Crippen molar-refractivity contribution in [3.05, 3.63) is 23.7 Å². The maximum absolute atomic E-state index is 11.6. The molecule has 0 aromatic carbocycles. The zero-order valence-corrected chi connectivity index (χ0v) is 13.5. The second kappa shape index (κ2) is 5.57. The molecule has 0 amide bonds. The Hall–Kier alpha value is -1.14. The van der Waals surface area contributed by atoms with Gasteiger partial charge in [0.15, 0.2) is 15.5 Å². The normalized spacial score (nSPS) is 21.1. The molecular formula is C14H18ClN3O2S. The summed E-state index contributed by atoms with van der Waals surface area (Å²) in [5, 5.41) is 0. The van der Waals surface area contributed by atoms with Gasteiger partial charge in [-0.3, -0.25) is 0 Å². The Balaban J connectivity index is 1.97. The van der Waals surface area contributed by atoms with Gasteiger partial charge in [-0.25, -0.2) is 18.4 Å². The fraction of sp³-hybridized carbons (Fsp3) is 0.571. The van der Waals surface area contributed by atoms with E-state index in [2.05, 4.69) is 9.97 Å². The summed E-state index contributed by atoms with van der Waals surface area (Å²) in [6.45, 7) is 2.63. The monoisotopic (exact) mass is 327 g/mol. The molecule has 21 heavy (non-hydrogen) atoms. The molecule has 0 bridgehead atoms. The fourth-order valence-corrected chi connectivity index (χ4v) is 4.92. The molecule has 114 valence electrons. The van der Waals surface area contributed by atoms with E-state index in [0.29, 0.717) is 31.0 Å². The van der Waals surface area contributed by atoms with Gasteiger partial charge in [-0.2, -0.15) is 0 Å². The minimum atomic E-state index is -2.86. The summed E-state index contributed by atoms with van der Waals surface area (Å²) in [7, 11) is -2.86. The highest BCUT2D eigenvalue weighted by molar-refractivity contribution is 7.91. The van der Waals surface area contributed by atoms with E-state index < -0.39 is 9.84 Å². The van der Waals surface area contributed by atoms with Crippen LogP contribution in [0.15, 0.2) is 12.3 Å². The molecule has 5 nitrogen and oxygen atoms in total. The quantitative estimate of drug-likeness (QED) is 0.805. The SMILES string of the molecule is Cc1cnc2c(c1)nc(CCCl)n2CC1CCS(=O)(=O)C1. The lowest BCUT2D eigenvalue weighted by atomic mass is 10.1. The number of rotatable bonds is 4. The molecule has 1 aliphatic rings. The number of aryl methyl sites for hydroxylation is 2. The van der Waals surface area contributed by atoms with Crippen molar-refractivity contribution >= 4 is 32.6 Å². The Morgan fingerprint density at radius 1 is 1.48 bits per heavy atom. The van der Waals surface area contributed by atoms with Gasteiger partial charge < -0.3 is 4.57 Å². The van der Waals surface area contributed by atoms with Gasteiger partial charge >= 0.3 is 0 Å². The second-order valence-corrected chi connectivity index (χ2v) is 8.31. The molecular weight excluding hydrogens is 310 g/mol. The van der Waals surface area contributed by atoms with Crippen LogP contribution in [0.5, 0.6) is 0 Å². The van der Waals surface area contributed by atoms with Gasteiger partial charge in [0, 0.05) is 25.0 Å². The number of aromatic nitrogens is 3. The first-order valence-corrected chi connectivity index (χ1v) is 9.42. The largest absolute Gasteiger partial charge is 0.312 e. The Labute approximate surface area is 129 Å². The first kappa shape index (κ1) is 14.8. The molecule has 3 heterocycles. The second-order valence-electron chi connectivity index (χ2n) is 5.70. The van der Waals surface area contributed by atoms with Crippen molar-refractivity contribution in [3.63, 3.8) is 0 Å². The third-order valence-corrected chi connectivity index (χ3v) is 5.91. The molecule has 0 aliphatic carbocycles. The van der Waals surface area contributed by atoms with Crippen molar-refractivity contribution < 1.29 is 8.42 Å². The van der Waals surface area contributed by atoms with Crippen LogP contribution < -0.4 is 0 Å². The van der Waals surface area contributed by atoms with Gasteiger partial charge in [0.1, 0.15) is 11.3 Å². The lowest BCUT2D eigenvalue weighted by Crippen LogP contribution is -2.15. The lowest BCUT2D eigenvalue weighted by Gasteiger charge is -2.12. The molecule has 1 aliphatic heterocycles. The summed E-state index contributed by atoms with van der Waals surface area (Å²) in [6, 6.07) is 2.00. The summed E-state index contributed by atoms with van der Waals surface area (Å²) >= 11 is 5.86. The van der Waals surface area contributed by atoms with E-state index in [1.54, 1.807) is 0 Å². The predicted molar refractivity (Wildman–Crippen MR) is 83.4 cm³/mol. The average molecular weight is 328 g/mol. The minimum Gasteiger partial charge on any atom is -0.312 e. The number of imidazole rings is 1. The van der Waals surface area contributed by atoms with Crippen molar-refractivity contribution in [2.24, 2.45) is 5.92 Å². The number of hydrogen-bond donors (Lipinski definition) is 0. The van der Waals surface area contributed by atoms with Crippen LogP contribution >= 0.6 is 11.6 Å². The van der Waals surface area contributed by atoms with Crippen molar-refractivity contribution in [2.75, 3.05) is 17.4 Å². The molecule has 1 saturated heterocycles. The van der Waals surface area contributed by atoms with E-state index in [1.165, 1.54) is 0 Å². The average Bonchev–Trinajstić information content (AvgIpc) is 2.91. The van der Waals surface area contributed by atoms with Gasteiger partial charge in [0.05, 0.1) is 11.5 Å². The van der Waals surface area contributed by atoms with Crippen LogP contribution in [-0.4, -0.2) is 40.3 Å². The highest BCUT2D eigenvalue weighted by Gasteiger charge is 2.29. The predicted octanol–water partition coefficient (Wildman–Crippen LogP) is 1.96. The third-order valence-electron chi connectivity index (χ3n) is 3.89. The zero-order valence-electron chi connectivity index (χ0n) is 11.9. The van der Waals surface area contributed by atoms with Gasteiger partial charge in [0.2, 0.25) is 0 Å². The topological polar surface area (TPSA) is 64.8 Å². The maximum atomic E-state index is 11.6. The number of hydrogen-bond acceptors (Lipinski definition) is 4. The van der Waals surface area contributed by atoms with Crippen LogP contribution in [0.1, 0.15) is 17.8 Å². The third kappa shape index (κ3) is 3.06. The number of pyridine rings is 1. The van der Waals surface area contributed by atoms with E-state index in [9.17, 15) is 8.42 Å². The highest BCUT2D eigenvalue weighted by Crippen LogP contribution is 2.24. The van der Waals surface area contributed by atoms with E-state index in [1.807, 2.05) is 23.8 Å². The van der Waals surface area contributed by atoms with E-state index in [4.69, 9.17) is 11.6 Å². The maximum Gasteiger partial charge on any atom is 0.160 e. The Morgan fingerprint density at radius 3 is 2.95 bits per heavy atom. The first-order chi connectivity index (χ1) is 9.98. The molecule has 3 rings (SSSR count). The smallest absolute Gasteiger partial charge is 0.160 e. The molecule has 0 radical (unpaired) electrons. The number of alkyl halides is 1. The van der Waals surface area contributed by atoms with E-state index in [-0.39, 0.29) is 11.7 Å². The van der Waals surface area contributed by atoms with Crippen molar-refractivity contribution in [1.29, 1.82) is 0 Å². The minimum absolute atomic E-state index is 0.143. The molecule has 1 unspecified atom stereocenters. The lowest BCUT2D eigenvalue weighted by molar-refractivity contribution is 0.486. The van der Waals surface area contributed by atoms with Crippen LogP contribution in [0.3, 0.4) is 0 Å². The number of halogens is 1. The summed E-state index contributed by atoms with van der Waals surface area (Å²) in [5.41, 5.74) is 2.74. The standard InChI is InChI=1S/C14H18ClN3O2S/c1-10-6-12-14(16-7-10)18(13(17-12)2-4-15)8-11-3-5-21(19,20)9-11/h6-7,11H,2-5,8-9H2,1H3. The van der Waals surface area contributed by atoms with Gasteiger partial charge in [0.25, 0.3) is 0 Å². The molecule has 1 atom stereocenters. The Bertz CT molecular complexity index is 770. The molecule has 7 heteroatoms. The molecule has 2 aromatic rings. The molecule has 0 saturated carbocycles. The van der Waals surface area contributed by atoms with E-state index in [0.717, 1.165) is 22.6 Å². The van der Waals surface area contributed by atoms with E-state index >= 15 is 0 Å². The number of sulfone groups is 1. The number of fused-ring (bicyclic) bond motifs is 1. The fourth-order valence-electron chi connectivity index (χ4n) is 2.90. The number of nitrogens with zero attached hydrogens (tertiary/aromatic N) is 3. The van der Waals surface area contributed by atoms with Gasteiger partial charge in [-0.15, -0.1) is 11.6 Å². The van der Waals surface area contributed by atoms with Gasteiger partial charge in [-0.1, -0.05) is 0 Å². The molecule has 0 spiro atoms. The molecule has 0 N–H and O–H groups in total. The van der Waals surface area contributed by atoms with Crippen LogP contribution in [0.4, 0.5) is 0 Å². The zero-order chi connectivity index (χ0) is 15.0. The van der Waals surface area contributed by atoms with Crippen LogP contribution in [0.25, 0.3) is 11.2 Å².